The Balaban J connectivity index is 2.08. The molecular formula is C13H16IN. The van der Waals surface area contributed by atoms with Gasteiger partial charge in [0.05, 0.1) is 0 Å². The van der Waals surface area contributed by atoms with Crippen molar-refractivity contribution in [2.24, 2.45) is 0 Å². The molecule has 0 spiro atoms. The first-order valence-corrected chi connectivity index (χ1v) is 6.84. The second kappa shape index (κ2) is 3.37. The molecule has 2 atom stereocenters. The molecule has 0 amide bonds. The number of benzene rings is 1. The molecule has 2 aliphatic rings. The van der Waals surface area contributed by atoms with Crippen molar-refractivity contribution < 1.29 is 0 Å². The summed E-state index contributed by atoms with van der Waals surface area (Å²) in [5.74, 6) is 0.746. The lowest BCUT2D eigenvalue weighted by molar-refractivity contribution is 0.315. The summed E-state index contributed by atoms with van der Waals surface area (Å²) in [5.41, 5.74) is 3.28. The zero-order valence-electron chi connectivity index (χ0n) is 9.02. The number of fused-ring (bicyclic) bond motifs is 3. The van der Waals surface area contributed by atoms with Crippen LogP contribution in [-0.4, -0.2) is 5.54 Å². The highest BCUT2D eigenvalue weighted by atomic mass is 127. The first kappa shape index (κ1) is 9.94. The second-order valence-electron chi connectivity index (χ2n) is 5.07. The lowest BCUT2D eigenvalue weighted by Crippen LogP contribution is -2.38. The topological polar surface area (TPSA) is 12.0 Å². The van der Waals surface area contributed by atoms with E-state index in [1.165, 1.54) is 34.9 Å². The number of hydrogen-bond acceptors (Lipinski definition) is 1. The van der Waals surface area contributed by atoms with E-state index < -0.39 is 0 Å². The molecule has 15 heavy (non-hydrogen) atoms. The van der Waals surface area contributed by atoms with Gasteiger partial charge in [-0.2, -0.15) is 0 Å². The molecule has 0 saturated heterocycles. The Hall–Kier alpha value is -0.250. The minimum absolute atomic E-state index is 0.338. The molecule has 1 aromatic carbocycles. The zero-order valence-corrected chi connectivity index (χ0v) is 11.2. The van der Waals surface area contributed by atoms with Crippen LogP contribution in [0.3, 0.4) is 0 Å². The van der Waals surface area contributed by atoms with E-state index in [9.17, 15) is 0 Å². The van der Waals surface area contributed by atoms with Gasteiger partial charge >= 0.3 is 0 Å². The van der Waals surface area contributed by atoms with Crippen LogP contribution >= 0.6 is 22.6 Å². The van der Waals surface area contributed by atoms with Gasteiger partial charge in [-0.15, -0.1) is 0 Å². The molecule has 3 rings (SSSR count). The van der Waals surface area contributed by atoms with Crippen molar-refractivity contribution in [3.05, 3.63) is 27.3 Å². The number of nitrogens with one attached hydrogen (secondary N) is 1. The maximum absolute atomic E-state index is 3.74. The normalized spacial score (nSPS) is 33.1. The quantitative estimate of drug-likeness (QED) is 0.710. The maximum Gasteiger partial charge on any atom is 0.0414 e. The van der Waals surface area contributed by atoms with Crippen molar-refractivity contribution in [2.75, 3.05) is 5.32 Å². The Morgan fingerprint density at radius 1 is 1.40 bits per heavy atom. The Labute approximate surface area is 105 Å². The molecule has 1 nitrogen and oxygen atoms in total. The fraction of sp³-hybridized carbons (Fsp3) is 0.538. The summed E-state index contributed by atoms with van der Waals surface area (Å²) in [4.78, 5) is 0. The van der Waals surface area contributed by atoms with Gasteiger partial charge in [0.2, 0.25) is 0 Å². The Kier molecular flexibility index (Phi) is 2.23. The van der Waals surface area contributed by atoms with E-state index in [0.717, 1.165) is 5.92 Å². The molecule has 1 heterocycles. The van der Waals surface area contributed by atoms with E-state index in [2.05, 4.69) is 53.0 Å². The van der Waals surface area contributed by atoms with Crippen molar-refractivity contribution in [1.82, 2.24) is 0 Å². The summed E-state index contributed by atoms with van der Waals surface area (Å²) < 4.78 is 1.36. The zero-order chi connectivity index (χ0) is 10.5. The molecular weight excluding hydrogens is 297 g/mol. The van der Waals surface area contributed by atoms with E-state index >= 15 is 0 Å². The summed E-state index contributed by atoms with van der Waals surface area (Å²) in [6.45, 7) is 2.39. The van der Waals surface area contributed by atoms with Crippen molar-refractivity contribution in [2.45, 2.75) is 44.1 Å². The minimum Gasteiger partial charge on any atom is -0.379 e. The Morgan fingerprint density at radius 2 is 2.27 bits per heavy atom. The van der Waals surface area contributed by atoms with Crippen LogP contribution in [-0.2, 0) is 0 Å². The van der Waals surface area contributed by atoms with Crippen LogP contribution in [0.5, 0.6) is 0 Å². The van der Waals surface area contributed by atoms with Gasteiger partial charge in [-0.25, -0.2) is 0 Å². The molecule has 2 unspecified atom stereocenters. The third-order valence-electron chi connectivity index (χ3n) is 4.02. The van der Waals surface area contributed by atoms with Crippen molar-refractivity contribution in [3.63, 3.8) is 0 Å². The summed E-state index contributed by atoms with van der Waals surface area (Å²) in [5, 5.41) is 3.74. The van der Waals surface area contributed by atoms with Gasteiger partial charge in [0.15, 0.2) is 0 Å². The largest absolute Gasteiger partial charge is 0.379 e. The van der Waals surface area contributed by atoms with Gasteiger partial charge in [0.25, 0.3) is 0 Å². The maximum atomic E-state index is 3.74. The first-order valence-electron chi connectivity index (χ1n) is 5.77. The average molecular weight is 313 g/mol. The molecule has 0 aromatic heterocycles. The SMILES string of the molecule is CC12CCCCC1c1cc(I)ccc1N2. The Morgan fingerprint density at radius 3 is 3.13 bits per heavy atom. The van der Waals surface area contributed by atoms with Gasteiger partial charge < -0.3 is 5.32 Å². The Bertz CT molecular complexity index is 402. The van der Waals surface area contributed by atoms with Crippen LogP contribution in [0.15, 0.2) is 18.2 Å². The lowest BCUT2D eigenvalue weighted by atomic mass is 9.73. The molecule has 1 aromatic rings. The van der Waals surface area contributed by atoms with Crippen LogP contribution in [0.25, 0.3) is 0 Å². The highest BCUT2D eigenvalue weighted by Crippen LogP contribution is 2.50. The number of halogens is 1. The van der Waals surface area contributed by atoms with E-state index in [0.29, 0.717) is 5.54 Å². The summed E-state index contributed by atoms with van der Waals surface area (Å²) in [7, 11) is 0. The third-order valence-corrected chi connectivity index (χ3v) is 4.69. The monoisotopic (exact) mass is 313 g/mol. The second-order valence-corrected chi connectivity index (χ2v) is 6.32. The van der Waals surface area contributed by atoms with Gasteiger partial charge in [-0.3, -0.25) is 0 Å². The fourth-order valence-electron chi connectivity index (χ4n) is 3.23. The van der Waals surface area contributed by atoms with Gasteiger partial charge in [-0.05, 0) is 66.1 Å². The molecule has 0 bridgehead atoms. The fourth-order valence-corrected chi connectivity index (χ4v) is 3.74. The average Bonchev–Trinajstić information content (AvgIpc) is 2.50. The van der Waals surface area contributed by atoms with Crippen LogP contribution in [0.4, 0.5) is 5.69 Å². The lowest BCUT2D eigenvalue weighted by Gasteiger charge is -2.36. The highest BCUT2D eigenvalue weighted by Gasteiger charge is 2.43. The summed E-state index contributed by atoms with van der Waals surface area (Å²) in [6, 6.07) is 6.82. The van der Waals surface area contributed by atoms with E-state index in [-0.39, 0.29) is 0 Å². The molecule has 1 N–H and O–H groups in total. The third kappa shape index (κ3) is 1.49. The van der Waals surface area contributed by atoms with Crippen LogP contribution < -0.4 is 5.32 Å². The number of anilines is 1. The molecule has 1 aliphatic carbocycles. The van der Waals surface area contributed by atoms with Gasteiger partial charge in [-0.1, -0.05) is 12.8 Å². The molecule has 1 fully saturated rings. The molecule has 1 aliphatic heterocycles. The predicted octanol–water partition coefficient (Wildman–Crippen LogP) is 4.13. The predicted molar refractivity (Wildman–Crippen MR) is 72.4 cm³/mol. The van der Waals surface area contributed by atoms with Crippen LogP contribution in [0.2, 0.25) is 0 Å². The van der Waals surface area contributed by atoms with E-state index in [4.69, 9.17) is 0 Å². The smallest absolute Gasteiger partial charge is 0.0414 e. The van der Waals surface area contributed by atoms with Gasteiger partial charge in [0, 0.05) is 20.7 Å². The minimum atomic E-state index is 0.338. The van der Waals surface area contributed by atoms with Crippen LogP contribution in [0.1, 0.15) is 44.1 Å². The first-order chi connectivity index (χ1) is 7.19. The summed E-state index contributed by atoms with van der Waals surface area (Å²) in [6.07, 6.45) is 5.46. The van der Waals surface area contributed by atoms with E-state index in [1.54, 1.807) is 5.56 Å². The number of hydrogen-bond donors (Lipinski definition) is 1. The van der Waals surface area contributed by atoms with Crippen molar-refractivity contribution in [3.8, 4) is 0 Å². The number of rotatable bonds is 0. The molecule has 1 saturated carbocycles. The van der Waals surface area contributed by atoms with Gasteiger partial charge in [0.1, 0.15) is 0 Å². The standard InChI is InChI=1S/C13H16IN/c1-13-7-3-2-4-11(13)10-8-9(14)5-6-12(10)15-13/h5-6,8,11,15H,2-4,7H2,1H3. The van der Waals surface area contributed by atoms with E-state index in [1.807, 2.05) is 0 Å². The molecule has 2 heteroatoms. The molecule has 0 radical (unpaired) electrons. The highest BCUT2D eigenvalue weighted by molar-refractivity contribution is 14.1. The summed E-state index contributed by atoms with van der Waals surface area (Å²) >= 11 is 2.41. The van der Waals surface area contributed by atoms with Crippen molar-refractivity contribution in [1.29, 1.82) is 0 Å². The molecule has 80 valence electrons. The van der Waals surface area contributed by atoms with Crippen LogP contribution in [0, 0.1) is 3.57 Å². The van der Waals surface area contributed by atoms with Crippen molar-refractivity contribution >= 4 is 28.3 Å².